The van der Waals surface area contributed by atoms with Gasteiger partial charge >= 0.3 is 6.03 Å². The van der Waals surface area contributed by atoms with Crippen molar-refractivity contribution in [2.45, 2.75) is 94.2 Å². The largest absolute Gasteiger partial charge is 0.388 e. The number of nitrogens with zero attached hydrogens (tertiary/aromatic N) is 2. The molecule has 1 aliphatic carbocycles. The van der Waals surface area contributed by atoms with E-state index < -0.39 is 36.6 Å². The monoisotopic (exact) mass is 486 g/mol. The molecule has 11 heteroatoms. The van der Waals surface area contributed by atoms with Crippen molar-refractivity contribution in [3.05, 3.63) is 0 Å². The molecule has 0 aromatic carbocycles. The molecule has 34 heavy (non-hydrogen) atoms. The van der Waals surface area contributed by atoms with Gasteiger partial charge in [-0.05, 0) is 38.5 Å². The number of carbonyl (C=O) groups excluding carboxylic acids is 2. The zero-order chi connectivity index (χ0) is 24.1. The molecule has 10 nitrogen and oxygen atoms in total. The van der Waals surface area contributed by atoms with Crippen molar-refractivity contribution in [1.82, 2.24) is 20.4 Å². The lowest BCUT2D eigenvalue weighted by atomic mass is 9.94. The number of piperidine rings is 1. The summed E-state index contributed by atoms with van der Waals surface area (Å²) in [4.78, 5) is 29.2. The highest BCUT2D eigenvalue weighted by atomic mass is 19.1. The Bertz CT molecular complexity index is 689. The van der Waals surface area contributed by atoms with Crippen LogP contribution in [0.25, 0.3) is 0 Å². The quantitative estimate of drug-likeness (QED) is 0.316. The number of piperazine rings is 1. The fourth-order valence-electron chi connectivity index (χ4n) is 5.72. The fourth-order valence-corrected chi connectivity index (χ4v) is 5.72. The number of quaternary nitrogens is 1. The van der Waals surface area contributed by atoms with Crippen LogP contribution in [0.4, 0.5) is 9.18 Å². The highest BCUT2D eigenvalue weighted by molar-refractivity contribution is 5.77. The molecule has 3 saturated heterocycles. The Morgan fingerprint density at radius 2 is 1.76 bits per heavy atom. The van der Waals surface area contributed by atoms with E-state index in [4.69, 9.17) is 4.74 Å². The number of hydrogen-bond acceptors (Lipinski definition) is 6. The van der Waals surface area contributed by atoms with Crippen LogP contribution in [0.5, 0.6) is 0 Å². The van der Waals surface area contributed by atoms with Gasteiger partial charge in [0, 0.05) is 45.2 Å². The Morgan fingerprint density at radius 3 is 2.47 bits per heavy atom. The number of aliphatic hydroxyl groups excluding tert-OH is 2. The lowest BCUT2D eigenvalue weighted by Crippen LogP contribution is -2.95. The fraction of sp³-hybridized carbons (Fsp3) is 0.913. The molecule has 6 N–H and O–H groups in total. The molecule has 3 heterocycles. The van der Waals surface area contributed by atoms with Crippen molar-refractivity contribution in [3.63, 3.8) is 0 Å². The van der Waals surface area contributed by atoms with Crippen molar-refractivity contribution in [2.24, 2.45) is 0 Å². The van der Waals surface area contributed by atoms with Gasteiger partial charge in [-0.15, -0.1) is 0 Å². The molecule has 0 radical (unpaired) electrons. The Balaban J connectivity index is 1.17. The van der Waals surface area contributed by atoms with E-state index in [2.05, 4.69) is 20.9 Å². The second-order valence-corrected chi connectivity index (χ2v) is 10.2. The van der Waals surface area contributed by atoms with Crippen LogP contribution in [0.2, 0.25) is 0 Å². The van der Waals surface area contributed by atoms with Crippen LogP contribution in [0, 0.1) is 0 Å². The zero-order valence-corrected chi connectivity index (χ0v) is 19.9. The summed E-state index contributed by atoms with van der Waals surface area (Å²) in [6, 6.07) is -0.650. The molecule has 1 saturated carbocycles. The minimum absolute atomic E-state index is 0.00289. The number of aliphatic hydroxyl groups is 2. The third-order valence-corrected chi connectivity index (χ3v) is 7.78. The van der Waals surface area contributed by atoms with E-state index in [0.29, 0.717) is 32.1 Å². The third kappa shape index (κ3) is 6.57. The molecule has 0 aromatic rings. The molecule has 3 amide bonds. The van der Waals surface area contributed by atoms with Crippen molar-refractivity contribution in [1.29, 1.82) is 0 Å². The third-order valence-electron chi connectivity index (χ3n) is 7.78. The van der Waals surface area contributed by atoms with Gasteiger partial charge in [-0.25, -0.2) is 9.18 Å². The van der Waals surface area contributed by atoms with Crippen LogP contribution in [-0.4, -0.2) is 114 Å². The van der Waals surface area contributed by atoms with Gasteiger partial charge in [-0.1, -0.05) is 0 Å². The van der Waals surface area contributed by atoms with Gasteiger partial charge in [0.1, 0.15) is 30.6 Å². The molecular weight excluding hydrogens is 445 g/mol. The minimum atomic E-state index is -1.19. The van der Waals surface area contributed by atoms with Crippen LogP contribution >= 0.6 is 0 Å². The average Bonchev–Trinajstić information content (AvgIpc) is 3.11. The van der Waals surface area contributed by atoms with E-state index in [-0.39, 0.29) is 24.9 Å². The van der Waals surface area contributed by atoms with E-state index >= 15 is 0 Å². The SMILES string of the molecule is O=C(NCC1OC(CC(=O)N2CCN(C3CCCC[NH2+]3)CC2)C(O)C1O)NC1CCCC(F)C1. The number of urea groups is 1. The lowest BCUT2D eigenvalue weighted by molar-refractivity contribution is -0.717. The number of carbonyl (C=O) groups is 2. The predicted molar refractivity (Wildman–Crippen MR) is 122 cm³/mol. The van der Waals surface area contributed by atoms with Crippen LogP contribution in [0.15, 0.2) is 0 Å². The number of amides is 3. The summed E-state index contributed by atoms with van der Waals surface area (Å²) in [6.07, 6.45) is 1.68. The molecule has 4 rings (SSSR count). The molecule has 0 aromatic heterocycles. The summed E-state index contributed by atoms with van der Waals surface area (Å²) < 4.78 is 19.3. The predicted octanol–water partition coefficient (Wildman–Crippen LogP) is -1.34. The second-order valence-electron chi connectivity index (χ2n) is 10.2. The van der Waals surface area contributed by atoms with E-state index in [1.54, 1.807) is 0 Å². The van der Waals surface area contributed by atoms with Crippen LogP contribution < -0.4 is 16.0 Å². The zero-order valence-electron chi connectivity index (χ0n) is 19.9. The molecule has 3 aliphatic heterocycles. The Hall–Kier alpha value is -1.53. The number of nitrogens with one attached hydrogen (secondary N) is 2. The van der Waals surface area contributed by atoms with Crippen LogP contribution in [0.3, 0.4) is 0 Å². The summed E-state index contributed by atoms with van der Waals surface area (Å²) in [5.74, 6) is -0.0899. The van der Waals surface area contributed by atoms with Gasteiger partial charge in [0.2, 0.25) is 5.91 Å². The number of ether oxygens (including phenoxy) is 1. The summed E-state index contributed by atoms with van der Waals surface area (Å²) in [5.41, 5.74) is 0. The highest BCUT2D eigenvalue weighted by Gasteiger charge is 2.44. The maximum atomic E-state index is 13.5. The van der Waals surface area contributed by atoms with Gasteiger partial charge < -0.3 is 35.8 Å². The van der Waals surface area contributed by atoms with Gasteiger partial charge in [-0.3, -0.25) is 9.69 Å². The molecule has 0 bridgehead atoms. The Kier molecular flexibility index (Phi) is 8.97. The smallest absolute Gasteiger partial charge is 0.315 e. The molecule has 4 fully saturated rings. The van der Waals surface area contributed by atoms with E-state index in [9.17, 15) is 24.2 Å². The number of hydrogen-bond donors (Lipinski definition) is 5. The molecule has 7 atom stereocenters. The summed E-state index contributed by atoms with van der Waals surface area (Å²) in [7, 11) is 0. The molecule has 0 spiro atoms. The number of halogens is 1. The van der Waals surface area contributed by atoms with E-state index in [0.717, 1.165) is 25.9 Å². The van der Waals surface area contributed by atoms with Crippen LogP contribution in [-0.2, 0) is 9.53 Å². The van der Waals surface area contributed by atoms with Crippen LogP contribution in [0.1, 0.15) is 51.4 Å². The highest BCUT2D eigenvalue weighted by Crippen LogP contribution is 2.25. The topological polar surface area (TPSA) is 131 Å². The normalized spacial score (nSPS) is 37.4. The van der Waals surface area contributed by atoms with Gasteiger partial charge in [0.05, 0.1) is 19.1 Å². The van der Waals surface area contributed by atoms with Gasteiger partial charge in [0.25, 0.3) is 0 Å². The number of alkyl halides is 1. The Labute approximate surface area is 200 Å². The number of rotatable bonds is 6. The molecule has 7 unspecified atom stereocenters. The van der Waals surface area contributed by atoms with Crippen molar-refractivity contribution >= 4 is 11.9 Å². The first kappa shape index (κ1) is 25.6. The van der Waals surface area contributed by atoms with Gasteiger partial charge in [0.15, 0.2) is 0 Å². The van der Waals surface area contributed by atoms with Crippen molar-refractivity contribution < 1.29 is 34.2 Å². The standard InChI is InChI=1S/C23H40FN5O5/c24-15-4-3-5-16(12-15)27-23(33)26-14-18-22(32)21(31)17(34-18)13-20(30)29-10-8-28(9-11-29)19-6-1-2-7-25-19/h15-19,21-22,25,31-32H,1-14H2,(H2,26,27,33)/p+1. The number of nitrogens with two attached hydrogens (primary N) is 1. The maximum absolute atomic E-state index is 13.5. The first-order valence-corrected chi connectivity index (χ1v) is 13.0. The van der Waals surface area contributed by atoms with E-state index in [1.807, 2.05) is 4.90 Å². The second kappa shape index (κ2) is 11.9. The summed E-state index contributed by atoms with van der Waals surface area (Å²) in [6.45, 7) is 4.16. The summed E-state index contributed by atoms with van der Waals surface area (Å²) in [5, 5.41) is 28.6. The lowest BCUT2D eigenvalue weighted by Gasteiger charge is -2.39. The Morgan fingerprint density at radius 1 is 1.00 bits per heavy atom. The average molecular weight is 487 g/mol. The minimum Gasteiger partial charge on any atom is -0.388 e. The maximum Gasteiger partial charge on any atom is 0.315 e. The molecule has 4 aliphatic rings. The van der Waals surface area contributed by atoms with Crippen molar-refractivity contribution in [3.8, 4) is 0 Å². The summed E-state index contributed by atoms with van der Waals surface area (Å²) >= 11 is 0. The van der Waals surface area contributed by atoms with Crippen molar-refractivity contribution in [2.75, 3.05) is 39.3 Å². The van der Waals surface area contributed by atoms with E-state index in [1.165, 1.54) is 25.8 Å². The first-order valence-electron chi connectivity index (χ1n) is 13.0. The molecule has 194 valence electrons. The van der Waals surface area contributed by atoms with Gasteiger partial charge in [-0.2, -0.15) is 0 Å². The molecular formula is C23H41FN5O5+. The first-order chi connectivity index (χ1) is 16.4.